The Bertz CT molecular complexity index is 731. The van der Waals surface area contributed by atoms with Crippen LogP contribution < -0.4 is 14.8 Å². The Labute approximate surface area is 160 Å². The second kappa shape index (κ2) is 10.1. The number of hydrogen-bond donors (Lipinski definition) is 1. The maximum atomic E-state index is 12.1. The van der Waals surface area contributed by atoms with Gasteiger partial charge in [-0.25, -0.2) is 0 Å². The molecular formula is C21H27NO3S. The van der Waals surface area contributed by atoms with Crippen LogP contribution in [0.4, 0.5) is 0 Å². The van der Waals surface area contributed by atoms with Gasteiger partial charge in [0.1, 0.15) is 0 Å². The van der Waals surface area contributed by atoms with Gasteiger partial charge in [-0.2, -0.15) is 0 Å². The van der Waals surface area contributed by atoms with Crippen molar-refractivity contribution in [1.29, 1.82) is 0 Å². The van der Waals surface area contributed by atoms with E-state index in [0.29, 0.717) is 23.8 Å². The molecule has 0 heterocycles. The third-order valence-corrected chi connectivity index (χ3v) is 4.67. The first-order valence-corrected chi connectivity index (χ1v) is 9.87. The number of carbonyl (C=O) groups is 1. The second-order valence-corrected chi connectivity index (χ2v) is 7.40. The van der Waals surface area contributed by atoms with Gasteiger partial charge in [0.15, 0.2) is 11.5 Å². The van der Waals surface area contributed by atoms with Crippen LogP contribution in [0, 0.1) is 6.92 Å². The number of aryl methyl sites for hydroxylation is 1. The minimum Gasteiger partial charge on any atom is -0.493 e. The zero-order valence-corrected chi connectivity index (χ0v) is 16.7. The number of nitrogens with one attached hydrogen (secondary N) is 1. The molecule has 0 aromatic heterocycles. The molecule has 0 fully saturated rings. The molecule has 0 radical (unpaired) electrons. The van der Waals surface area contributed by atoms with Gasteiger partial charge >= 0.3 is 0 Å². The first-order valence-electron chi connectivity index (χ1n) is 8.71. The number of benzene rings is 2. The molecule has 0 aliphatic rings. The van der Waals surface area contributed by atoms with Crippen molar-refractivity contribution in [2.24, 2.45) is 0 Å². The summed E-state index contributed by atoms with van der Waals surface area (Å²) >= 11 is 1.62. The summed E-state index contributed by atoms with van der Waals surface area (Å²) in [5, 5.41) is 2.95. The van der Waals surface area contributed by atoms with Crippen LogP contribution in [0.5, 0.6) is 11.5 Å². The van der Waals surface area contributed by atoms with Crippen LogP contribution in [0.2, 0.25) is 0 Å². The molecule has 1 N–H and O–H groups in total. The molecule has 0 aliphatic carbocycles. The minimum absolute atomic E-state index is 0.0316. The summed E-state index contributed by atoms with van der Waals surface area (Å²) in [6.07, 6.45) is 0.0832. The molecule has 2 aromatic carbocycles. The molecule has 0 bridgehead atoms. The van der Waals surface area contributed by atoms with E-state index in [9.17, 15) is 4.79 Å². The van der Waals surface area contributed by atoms with Crippen LogP contribution >= 0.6 is 11.8 Å². The number of amides is 1. The number of carbonyl (C=O) groups excluding carboxylic acids is 1. The predicted octanol–water partition coefficient (Wildman–Crippen LogP) is 4.34. The Morgan fingerprint density at radius 3 is 2.62 bits per heavy atom. The minimum atomic E-state index is 0.0316. The monoisotopic (exact) mass is 373 g/mol. The molecular weight excluding hydrogens is 346 g/mol. The Balaban J connectivity index is 1.79. The van der Waals surface area contributed by atoms with E-state index in [4.69, 9.17) is 9.47 Å². The molecule has 0 spiro atoms. The lowest BCUT2D eigenvalue weighted by atomic mass is 10.2. The van der Waals surface area contributed by atoms with Gasteiger partial charge in [-0.05, 0) is 44.0 Å². The lowest BCUT2D eigenvalue weighted by Crippen LogP contribution is -2.24. The number of hydrogen-bond acceptors (Lipinski definition) is 4. The molecule has 140 valence electrons. The average Bonchev–Trinajstić information content (AvgIpc) is 2.60. The normalized spacial score (nSPS) is 10.7. The fourth-order valence-corrected chi connectivity index (χ4v) is 3.29. The molecule has 1 amide bonds. The lowest BCUT2D eigenvalue weighted by molar-refractivity contribution is -0.118. The molecule has 0 atom stereocenters. The molecule has 2 rings (SSSR count). The quantitative estimate of drug-likeness (QED) is 0.710. The fraction of sp³-hybridized carbons (Fsp3) is 0.381. The maximum absolute atomic E-state index is 12.1. The van der Waals surface area contributed by atoms with Crippen molar-refractivity contribution >= 4 is 17.7 Å². The molecule has 4 nitrogen and oxygen atoms in total. The highest BCUT2D eigenvalue weighted by Gasteiger charge is 2.08. The number of thioether (sulfide) groups is 1. The number of methoxy groups -OCH3 is 1. The van der Waals surface area contributed by atoms with Gasteiger partial charge in [0.2, 0.25) is 5.91 Å². The Hall–Kier alpha value is -2.14. The van der Waals surface area contributed by atoms with Gasteiger partial charge in [-0.1, -0.05) is 35.9 Å². The van der Waals surface area contributed by atoms with Gasteiger partial charge in [0.05, 0.1) is 19.0 Å². The smallest absolute Gasteiger partial charge is 0.230 e. The summed E-state index contributed by atoms with van der Waals surface area (Å²) in [5.74, 6) is 2.71. The SMILES string of the molecule is COc1cc(CNC(=O)CSCc2cccc(C)c2)ccc1OC(C)C. The highest BCUT2D eigenvalue weighted by molar-refractivity contribution is 7.99. The van der Waals surface area contributed by atoms with Crippen molar-refractivity contribution in [3.05, 3.63) is 59.2 Å². The summed E-state index contributed by atoms with van der Waals surface area (Å²) in [5.41, 5.74) is 3.47. The van der Waals surface area contributed by atoms with Gasteiger partial charge < -0.3 is 14.8 Å². The van der Waals surface area contributed by atoms with E-state index >= 15 is 0 Å². The van der Waals surface area contributed by atoms with Crippen molar-refractivity contribution in [3.8, 4) is 11.5 Å². The first kappa shape index (κ1) is 20.2. The van der Waals surface area contributed by atoms with Crippen LogP contribution in [0.1, 0.15) is 30.5 Å². The summed E-state index contributed by atoms with van der Waals surface area (Å²) < 4.78 is 11.1. The van der Waals surface area contributed by atoms with Gasteiger partial charge in [0.25, 0.3) is 0 Å². The van der Waals surface area contributed by atoms with Gasteiger partial charge in [-0.3, -0.25) is 4.79 Å². The van der Waals surface area contributed by atoms with Crippen molar-refractivity contribution in [3.63, 3.8) is 0 Å². The largest absolute Gasteiger partial charge is 0.493 e. The number of ether oxygens (including phenoxy) is 2. The van der Waals surface area contributed by atoms with E-state index in [0.717, 1.165) is 11.3 Å². The third-order valence-electron chi connectivity index (χ3n) is 3.66. The van der Waals surface area contributed by atoms with Crippen LogP contribution in [-0.4, -0.2) is 24.9 Å². The van der Waals surface area contributed by atoms with Crippen LogP contribution in [0.25, 0.3) is 0 Å². The van der Waals surface area contributed by atoms with Crippen molar-refractivity contribution in [1.82, 2.24) is 5.32 Å². The predicted molar refractivity (Wildman–Crippen MR) is 108 cm³/mol. The molecule has 0 saturated heterocycles. The molecule has 5 heteroatoms. The van der Waals surface area contributed by atoms with E-state index < -0.39 is 0 Å². The average molecular weight is 374 g/mol. The summed E-state index contributed by atoms with van der Waals surface area (Å²) in [6, 6.07) is 14.1. The fourth-order valence-electron chi connectivity index (χ4n) is 2.49. The zero-order chi connectivity index (χ0) is 18.9. The maximum Gasteiger partial charge on any atom is 0.230 e. The molecule has 2 aromatic rings. The second-order valence-electron chi connectivity index (χ2n) is 6.41. The van der Waals surface area contributed by atoms with Gasteiger partial charge in [-0.15, -0.1) is 11.8 Å². The highest BCUT2D eigenvalue weighted by atomic mass is 32.2. The van der Waals surface area contributed by atoms with E-state index in [1.807, 2.05) is 38.1 Å². The molecule has 0 saturated carbocycles. The molecule has 0 aliphatic heterocycles. The standard InChI is InChI=1S/C21H27NO3S/c1-15(2)25-19-9-8-17(11-20(19)24-4)12-22-21(23)14-26-13-18-7-5-6-16(3)10-18/h5-11,15H,12-14H2,1-4H3,(H,22,23). The lowest BCUT2D eigenvalue weighted by Gasteiger charge is -2.14. The van der Waals surface area contributed by atoms with E-state index in [1.165, 1.54) is 11.1 Å². The van der Waals surface area contributed by atoms with Crippen molar-refractivity contribution in [2.75, 3.05) is 12.9 Å². The van der Waals surface area contributed by atoms with Crippen LogP contribution in [-0.2, 0) is 17.1 Å². The zero-order valence-electron chi connectivity index (χ0n) is 15.9. The molecule has 26 heavy (non-hydrogen) atoms. The number of rotatable bonds is 9. The Morgan fingerprint density at radius 1 is 1.12 bits per heavy atom. The Kier molecular flexibility index (Phi) is 7.85. The van der Waals surface area contributed by atoms with Crippen molar-refractivity contribution < 1.29 is 14.3 Å². The van der Waals surface area contributed by atoms with E-state index in [1.54, 1.807) is 18.9 Å². The Morgan fingerprint density at radius 2 is 1.92 bits per heavy atom. The van der Waals surface area contributed by atoms with Gasteiger partial charge in [0, 0.05) is 12.3 Å². The highest BCUT2D eigenvalue weighted by Crippen LogP contribution is 2.28. The summed E-state index contributed by atoms with van der Waals surface area (Å²) in [4.78, 5) is 12.1. The van der Waals surface area contributed by atoms with Crippen molar-refractivity contribution in [2.45, 2.75) is 39.2 Å². The molecule has 0 unspecified atom stereocenters. The topological polar surface area (TPSA) is 47.6 Å². The van der Waals surface area contributed by atoms with E-state index in [-0.39, 0.29) is 12.0 Å². The van der Waals surface area contributed by atoms with E-state index in [2.05, 4.69) is 30.4 Å². The van der Waals surface area contributed by atoms with Crippen LogP contribution in [0.15, 0.2) is 42.5 Å². The summed E-state index contributed by atoms with van der Waals surface area (Å²) in [6.45, 7) is 6.50. The summed E-state index contributed by atoms with van der Waals surface area (Å²) in [7, 11) is 1.62. The first-order chi connectivity index (χ1) is 12.5. The van der Waals surface area contributed by atoms with Crippen LogP contribution in [0.3, 0.4) is 0 Å². The third kappa shape index (κ3) is 6.64.